The van der Waals surface area contributed by atoms with Crippen LogP contribution in [0.1, 0.15) is 32.1 Å². The number of nitrogens with two attached hydrogens (primary N) is 1. The summed E-state index contributed by atoms with van der Waals surface area (Å²) < 4.78 is 0. The van der Waals surface area contributed by atoms with E-state index in [2.05, 4.69) is 0 Å². The lowest BCUT2D eigenvalue weighted by atomic mass is 9.81. The van der Waals surface area contributed by atoms with Crippen LogP contribution < -0.4 is 5.73 Å². The van der Waals surface area contributed by atoms with E-state index in [4.69, 9.17) is 15.9 Å². The number of carbonyl (C=O) groups is 1. The summed E-state index contributed by atoms with van der Waals surface area (Å²) in [4.78, 5) is 13.6. The summed E-state index contributed by atoms with van der Waals surface area (Å²) in [6.45, 7) is 0.306. The Morgan fingerprint density at radius 2 is 1.62 bits per heavy atom. The second-order valence-corrected chi connectivity index (χ2v) is 4.46. The maximum absolute atomic E-state index is 12.2. The molecular formula is C11H22N2O3. The molecule has 0 atom stereocenters. The molecule has 0 saturated heterocycles. The smallest absolute Gasteiger partial charge is 0.242 e. The molecule has 0 heterocycles. The Hall–Kier alpha value is -0.650. The Morgan fingerprint density at radius 1 is 1.12 bits per heavy atom. The zero-order valence-electron chi connectivity index (χ0n) is 9.69. The second-order valence-electron chi connectivity index (χ2n) is 4.46. The lowest BCUT2D eigenvalue weighted by Crippen LogP contribution is -2.57. The molecule has 0 unspecified atom stereocenters. The summed E-state index contributed by atoms with van der Waals surface area (Å²) in [6.07, 6.45) is 4.51. The number of carbonyl (C=O) groups excluding carboxylic acids is 1. The summed E-state index contributed by atoms with van der Waals surface area (Å²) in [6, 6.07) is 0. The van der Waals surface area contributed by atoms with Crippen molar-refractivity contribution in [2.45, 2.75) is 37.6 Å². The van der Waals surface area contributed by atoms with Crippen LogP contribution in [0.4, 0.5) is 0 Å². The molecule has 0 aromatic heterocycles. The summed E-state index contributed by atoms with van der Waals surface area (Å²) in [5.41, 5.74) is 5.33. The van der Waals surface area contributed by atoms with Gasteiger partial charge in [-0.05, 0) is 12.8 Å². The van der Waals surface area contributed by atoms with Gasteiger partial charge in [-0.25, -0.2) is 0 Å². The Bertz CT molecular complexity index is 221. The van der Waals surface area contributed by atoms with E-state index in [0.717, 1.165) is 19.3 Å². The molecule has 1 amide bonds. The lowest BCUT2D eigenvalue weighted by Gasteiger charge is -2.36. The first-order chi connectivity index (χ1) is 7.64. The number of rotatable bonds is 5. The molecule has 1 aliphatic rings. The Morgan fingerprint density at radius 3 is 2.06 bits per heavy atom. The van der Waals surface area contributed by atoms with Gasteiger partial charge in [0.1, 0.15) is 0 Å². The molecule has 94 valence electrons. The monoisotopic (exact) mass is 230 g/mol. The van der Waals surface area contributed by atoms with E-state index in [0.29, 0.717) is 12.8 Å². The van der Waals surface area contributed by atoms with Crippen molar-refractivity contribution in [3.05, 3.63) is 0 Å². The minimum atomic E-state index is -0.775. The van der Waals surface area contributed by atoms with Crippen molar-refractivity contribution < 1.29 is 15.0 Å². The lowest BCUT2D eigenvalue weighted by molar-refractivity contribution is -0.139. The summed E-state index contributed by atoms with van der Waals surface area (Å²) in [7, 11) is 0. The maximum atomic E-state index is 12.2. The van der Waals surface area contributed by atoms with Gasteiger partial charge in [0, 0.05) is 13.1 Å². The van der Waals surface area contributed by atoms with E-state index in [1.165, 1.54) is 4.90 Å². The fourth-order valence-corrected chi connectivity index (χ4v) is 2.27. The quantitative estimate of drug-likeness (QED) is 0.592. The Labute approximate surface area is 96.2 Å². The van der Waals surface area contributed by atoms with E-state index < -0.39 is 5.54 Å². The molecule has 0 aromatic rings. The fourth-order valence-electron chi connectivity index (χ4n) is 2.27. The van der Waals surface area contributed by atoms with Gasteiger partial charge in [0.2, 0.25) is 5.91 Å². The normalized spacial score (nSPS) is 19.4. The molecule has 0 bridgehead atoms. The number of hydrogen-bond acceptors (Lipinski definition) is 4. The van der Waals surface area contributed by atoms with Crippen LogP contribution in [0, 0.1) is 0 Å². The third kappa shape index (κ3) is 3.17. The highest BCUT2D eigenvalue weighted by molar-refractivity contribution is 5.86. The molecule has 0 aliphatic heterocycles. The first-order valence-electron chi connectivity index (χ1n) is 5.94. The molecule has 4 N–H and O–H groups in total. The molecule has 16 heavy (non-hydrogen) atoms. The molecule has 1 saturated carbocycles. The zero-order chi connectivity index (χ0) is 12.0. The first kappa shape index (κ1) is 13.4. The largest absolute Gasteiger partial charge is 0.395 e. The van der Waals surface area contributed by atoms with Gasteiger partial charge in [0.25, 0.3) is 0 Å². The average molecular weight is 230 g/mol. The van der Waals surface area contributed by atoms with Crippen LogP contribution in [0.3, 0.4) is 0 Å². The third-order valence-corrected chi connectivity index (χ3v) is 3.20. The van der Waals surface area contributed by atoms with Gasteiger partial charge < -0.3 is 20.8 Å². The van der Waals surface area contributed by atoms with Crippen molar-refractivity contribution in [2.24, 2.45) is 5.73 Å². The highest BCUT2D eigenvalue weighted by Crippen LogP contribution is 2.27. The topological polar surface area (TPSA) is 86.8 Å². The Kier molecular flexibility index (Phi) is 5.18. The summed E-state index contributed by atoms with van der Waals surface area (Å²) in [5, 5.41) is 17.8. The second kappa shape index (κ2) is 6.18. The van der Waals surface area contributed by atoms with E-state index in [9.17, 15) is 4.79 Å². The van der Waals surface area contributed by atoms with Crippen molar-refractivity contribution >= 4 is 5.91 Å². The molecule has 1 fully saturated rings. The van der Waals surface area contributed by atoms with Crippen LogP contribution in [0.2, 0.25) is 0 Å². The van der Waals surface area contributed by atoms with Crippen molar-refractivity contribution in [1.82, 2.24) is 4.90 Å². The summed E-state index contributed by atoms with van der Waals surface area (Å²) in [5.74, 6) is -0.129. The number of nitrogens with zero attached hydrogens (tertiary/aromatic N) is 1. The van der Waals surface area contributed by atoms with Gasteiger partial charge in [-0.15, -0.1) is 0 Å². The van der Waals surface area contributed by atoms with Crippen LogP contribution in [-0.4, -0.2) is 52.9 Å². The third-order valence-electron chi connectivity index (χ3n) is 3.20. The Balaban J connectivity index is 2.63. The maximum Gasteiger partial charge on any atom is 0.242 e. The predicted molar refractivity (Wildman–Crippen MR) is 60.8 cm³/mol. The van der Waals surface area contributed by atoms with Crippen molar-refractivity contribution in [3.63, 3.8) is 0 Å². The number of aliphatic hydroxyl groups is 2. The molecular weight excluding hydrogens is 208 g/mol. The number of aliphatic hydroxyl groups excluding tert-OH is 2. The van der Waals surface area contributed by atoms with Gasteiger partial charge in [0.05, 0.1) is 18.8 Å². The molecule has 0 spiro atoms. The molecule has 5 heteroatoms. The van der Waals surface area contributed by atoms with Gasteiger partial charge >= 0.3 is 0 Å². The molecule has 0 radical (unpaired) electrons. The molecule has 1 rings (SSSR count). The van der Waals surface area contributed by atoms with Gasteiger partial charge in [-0.3, -0.25) is 4.79 Å². The fraction of sp³-hybridized carbons (Fsp3) is 0.909. The minimum Gasteiger partial charge on any atom is -0.395 e. The van der Waals surface area contributed by atoms with Crippen LogP contribution in [0.15, 0.2) is 0 Å². The highest BCUT2D eigenvalue weighted by atomic mass is 16.3. The zero-order valence-corrected chi connectivity index (χ0v) is 9.69. The van der Waals surface area contributed by atoms with E-state index >= 15 is 0 Å². The minimum absolute atomic E-state index is 0.0954. The van der Waals surface area contributed by atoms with Crippen LogP contribution >= 0.6 is 0 Å². The molecule has 1 aliphatic carbocycles. The number of hydrogen-bond donors (Lipinski definition) is 3. The van der Waals surface area contributed by atoms with Gasteiger partial charge in [-0.2, -0.15) is 0 Å². The number of amides is 1. The predicted octanol–water partition coefficient (Wildman–Crippen LogP) is -0.539. The average Bonchev–Trinajstić information content (AvgIpc) is 2.29. The van der Waals surface area contributed by atoms with Gasteiger partial charge in [0.15, 0.2) is 0 Å². The van der Waals surface area contributed by atoms with Crippen molar-refractivity contribution in [3.8, 4) is 0 Å². The van der Waals surface area contributed by atoms with Crippen molar-refractivity contribution in [2.75, 3.05) is 26.3 Å². The van der Waals surface area contributed by atoms with Crippen LogP contribution in [-0.2, 0) is 4.79 Å². The highest BCUT2D eigenvalue weighted by Gasteiger charge is 2.37. The van der Waals surface area contributed by atoms with Crippen LogP contribution in [0.25, 0.3) is 0 Å². The van der Waals surface area contributed by atoms with Crippen molar-refractivity contribution in [1.29, 1.82) is 0 Å². The van der Waals surface area contributed by atoms with E-state index in [1.807, 2.05) is 0 Å². The standard InChI is InChI=1S/C11H22N2O3/c12-11(4-2-1-3-5-11)10(16)13(6-8-14)7-9-15/h14-15H,1-9,12H2. The first-order valence-corrected chi connectivity index (χ1v) is 5.94. The van der Waals surface area contributed by atoms with Gasteiger partial charge in [-0.1, -0.05) is 19.3 Å². The SMILES string of the molecule is NC1(C(=O)N(CCO)CCO)CCCCC1. The molecule has 0 aromatic carbocycles. The van der Waals surface area contributed by atoms with Crippen LogP contribution in [0.5, 0.6) is 0 Å². The van der Waals surface area contributed by atoms with E-state index in [1.54, 1.807) is 0 Å². The van der Waals surface area contributed by atoms with E-state index in [-0.39, 0.29) is 32.2 Å². The summed E-state index contributed by atoms with van der Waals surface area (Å²) >= 11 is 0. The molecule has 5 nitrogen and oxygen atoms in total.